The van der Waals surface area contributed by atoms with Crippen LogP contribution in [0.1, 0.15) is 5.56 Å². The standard InChI is InChI=1S/C15H12ClN3/c16-15-6-4-13(5-7-15)14-3-1-2-12(8-14)9-19-11-17-10-18-19/h1-8,10-11H,9H2. The van der Waals surface area contributed by atoms with E-state index < -0.39 is 0 Å². The van der Waals surface area contributed by atoms with Crippen LogP contribution < -0.4 is 0 Å². The molecule has 1 heterocycles. The number of hydrogen-bond acceptors (Lipinski definition) is 2. The predicted molar refractivity (Wildman–Crippen MR) is 76.0 cm³/mol. The molecule has 3 rings (SSSR count). The first kappa shape index (κ1) is 11.9. The minimum atomic E-state index is 0.724. The molecule has 0 N–H and O–H groups in total. The third-order valence-electron chi connectivity index (χ3n) is 2.92. The Bertz CT molecular complexity index is 660. The molecule has 0 bridgehead atoms. The summed E-state index contributed by atoms with van der Waals surface area (Å²) in [6.07, 6.45) is 3.26. The van der Waals surface area contributed by atoms with Gasteiger partial charge in [0.05, 0.1) is 6.54 Å². The summed E-state index contributed by atoms with van der Waals surface area (Å²) >= 11 is 5.91. The second-order valence-corrected chi connectivity index (χ2v) is 4.74. The summed E-state index contributed by atoms with van der Waals surface area (Å²) in [6.45, 7) is 0.724. The van der Waals surface area contributed by atoms with Gasteiger partial charge in [-0.2, -0.15) is 5.10 Å². The third-order valence-corrected chi connectivity index (χ3v) is 3.17. The van der Waals surface area contributed by atoms with E-state index in [1.54, 1.807) is 17.3 Å². The Labute approximate surface area is 116 Å². The molecule has 0 aliphatic carbocycles. The molecule has 0 aliphatic rings. The zero-order valence-electron chi connectivity index (χ0n) is 10.2. The molecule has 1 aromatic heterocycles. The van der Waals surface area contributed by atoms with Gasteiger partial charge >= 0.3 is 0 Å². The Morgan fingerprint density at radius 3 is 2.58 bits per heavy atom. The zero-order chi connectivity index (χ0) is 13.1. The van der Waals surface area contributed by atoms with Crippen molar-refractivity contribution < 1.29 is 0 Å². The first-order valence-electron chi connectivity index (χ1n) is 5.98. The highest BCUT2D eigenvalue weighted by molar-refractivity contribution is 6.30. The fraction of sp³-hybridized carbons (Fsp3) is 0.0667. The lowest BCUT2D eigenvalue weighted by Crippen LogP contribution is -1.99. The Kier molecular flexibility index (Phi) is 3.29. The van der Waals surface area contributed by atoms with Crippen molar-refractivity contribution >= 4 is 11.6 Å². The van der Waals surface area contributed by atoms with Crippen LogP contribution in [0.4, 0.5) is 0 Å². The number of rotatable bonds is 3. The third kappa shape index (κ3) is 2.83. The molecule has 0 amide bonds. The maximum absolute atomic E-state index is 5.91. The van der Waals surface area contributed by atoms with E-state index >= 15 is 0 Å². The Balaban J connectivity index is 1.89. The van der Waals surface area contributed by atoms with E-state index in [0.29, 0.717) is 0 Å². The van der Waals surface area contributed by atoms with Gasteiger partial charge in [-0.25, -0.2) is 9.67 Å². The number of benzene rings is 2. The van der Waals surface area contributed by atoms with Crippen molar-refractivity contribution in [1.82, 2.24) is 14.8 Å². The molecule has 94 valence electrons. The van der Waals surface area contributed by atoms with Crippen molar-refractivity contribution in [2.45, 2.75) is 6.54 Å². The summed E-state index contributed by atoms with van der Waals surface area (Å²) in [5.74, 6) is 0. The molecule has 0 unspecified atom stereocenters. The maximum atomic E-state index is 5.91. The van der Waals surface area contributed by atoms with E-state index in [9.17, 15) is 0 Å². The summed E-state index contributed by atoms with van der Waals surface area (Å²) in [7, 11) is 0. The summed E-state index contributed by atoms with van der Waals surface area (Å²) in [5, 5.41) is 4.87. The van der Waals surface area contributed by atoms with Crippen LogP contribution in [-0.2, 0) is 6.54 Å². The lowest BCUT2D eigenvalue weighted by molar-refractivity contribution is 0.685. The van der Waals surface area contributed by atoms with Gasteiger partial charge in [0.15, 0.2) is 0 Å². The van der Waals surface area contributed by atoms with E-state index in [1.807, 2.05) is 24.3 Å². The predicted octanol–water partition coefficient (Wildman–Crippen LogP) is 3.65. The number of halogens is 1. The second kappa shape index (κ2) is 5.24. The fourth-order valence-electron chi connectivity index (χ4n) is 1.99. The topological polar surface area (TPSA) is 30.7 Å². The summed E-state index contributed by atoms with van der Waals surface area (Å²) in [5.41, 5.74) is 3.53. The normalized spacial score (nSPS) is 10.6. The van der Waals surface area contributed by atoms with Crippen LogP contribution in [0.3, 0.4) is 0 Å². The molecule has 0 fully saturated rings. The van der Waals surface area contributed by atoms with Gasteiger partial charge in [-0.15, -0.1) is 0 Å². The smallest absolute Gasteiger partial charge is 0.137 e. The van der Waals surface area contributed by atoms with Crippen molar-refractivity contribution in [1.29, 1.82) is 0 Å². The highest BCUT2D eigenvalue weighted by Crippen LogP contribution is 2.22. The molecule has 3 aromatic rings. The van der Waals surface area contributed by atoms with Crippen LogP contribution in [-0.4, -0.2) is 14.8 Å². The molecule has 3 nitrogen and oxygen atoms in total. The zero-order valence-corrected chi connectivity index (χ0v) is 11.0. The molecule has 0 spiro atoms. The molecule has 2 aromatic carbocycles. The monoisotopic (exact) mass is 269 g/mol. The Morgan fingerprint density at radius 2 is 1.84 bits per heavy atom. The van der Waals surface area contributed by atoms with Gasteiger partial charge in [-0.05, 0) is 34.9 Å². The Hall–Kier alpha value is -2.13. The number of aromatic nitrogens is 3. The second-order valence-electron chi connectivity index (χ2n) is 4.30. The van der Waals surface area contributed by atoms with Crippen molar-refractivity contribution in [3.8, 4) is 11.1 Å². The summed E-state index contributed by atoms with van der Waals surface area (Å²) in [6, 6.07) is 16.2. The molecule has 4 heteroatoms. The van der Waals surface area contributed by atoms with Gasteiger partial charge in [-0.3, -0.25) is 0 Å². The molecule has 19 heavy (non-hydrogen) atoms. The highest BCUT2D eigenvalue weighted by Gasteiger charge is 2.01. The average Bonchev–Trinajstić information content (AvgIpc) is 2.93. The molecule has 0 atom stereocenters. The molecule has 0 aliphatic heterocycles. The van der Waals surface area contributed by atoms with Gasteiger partial charge in [-0.1, -0.05) is 41.9 Å². The first-order chi connectivity index (χ1) is 9.31. The van der Waals surface area contributed by atoms with Crippen LogP contribution in [0, 0.1) is 0 Å². The van der Waals surface area contributed by atoms with Gasteiger partial charge < -0.3 is 0 Å². The van der Waals surface area contributed by atoms with Crippen molar-refractivity contribution in [2.75, 3.05) is 0 Å². The van der Waals surface area contributed by atoms with Crippen LogP contribution >= 0.6 is 11.6 Å². The summed E-state index contributed by atoms with van der Waals surface area (Å²) < 4.78 is 1.81. The Morgan fingerprint density at radius 1 is 1.00 bits per heavy atom. The SMILES string of the molecule is Clc1ccc(-c2cccc(Cn3cncn3)c2)cc1. The van der Waals surface area contributed by atoms with Crippen molar-refractivity contribution in [3.63, 3.8) is 0 Å². The lowest BCUT2D eigenvalue weighted by atomic mass is 10.0. The van der Waals surface area contributed by atoms with Crippen LogP contribution in [0.25, 0.3) is 11.1 Å². The van der Waals surface area contributed by atoms with Gasteiger partial charge in [0, 0.05) is 5.02 Å². The van der Waals surface area contributed by atoms with E-state index in [-0.39, 0.29) is 0 Å². The molecule has 0 saturated carbocycles. The van der Waals surface area contributed by atoms with Crippen LogP contribution in [0.2, 0.25) is 5.02 Å². The lowest BCUT2D eigenvalue weighted by Gasteiger charge is -2.06. The largest absolute Gasteiger partial charge is 0.249 e. The quantitative estimate of drug-likeness (QED) is 0.727. The van der Waals surface area contributed by atoms with E-state index in [1.165, 1.54) is 11.1 Å². The number of hydrogen-bond donors (Lipinski definition) is 0. The highest BCUT2D eigenvalue weighted by atomic mass is 35.5. The van der Waals surface area contributed by atoms with E-state index in [2.05, 4.69) is 34.3 Å². The van der Waals surface area contributed by atoms with E-state index in [4.69, 9.17) is 11.6 Å². The minimum absolute atomic E-state index is 0.724. The first-order valence-corrected chi connectivity index (χ1v) is 6.36. The van der Waals surface area contributed by atoms with Crippen LogP contribution in [0.15, 0.2) is 61.2 Å². The molecular weight excluding hydrogens is 258 g/mol. The van der Waals surface area contributed by atoms with Gasteiger partial charge in [0.25, 0.3) is 0 Å². The number of nitrogens with zero attached hydrogens (tertiary/aromatic N) is 3. The van der Waals surface area contributed by atoms with Crippen molar-refractivity contribution in [3.05, 3.63) is 71.8 Å². The van der Waals surface area contributed by atoms with Crippen molar-refractivity contribution in [2.24, 2.45) is 0 Å². The van der Waals surface area contributed by atoms with Crippen LogP contribution in [0.5, 0.6) is 0 Å². The molecular formula is C15H12ClN3. The molecule has 0 saturated heterocycles. The van der Waals surface area contributed by atoms with Gasteiger partial charge in [0.1, 0.15) is 12.7 Å². The maximum Gasteiger partial charge on any atom is 0.137 e. The van der Waals surface area contributed by atoms with E-state index in [0.717, 1.165) is 17.1 Å². The molecule has 0 radical (unpaired) electrons. The minimum Gasteiger partial charge on any atom is -0.249 e. The fourth-order valence-corrected chi connectivity index (χ4v) is 2.12. The average molecular weight is 270 g/mol. The summed E-state index contributed by atoms with van der Waals surface area (Å²) in [4.78, 5) is 3.95. The van der Waals surface area contributed by atoms with Gasteiger partial charge in [0.2, 0.25) is 0 Å².